The van der Waals surface area contributed by atoms with Crippen molar-refractivity contribution in [2.24, 2.45) is 0 Å². The van der Waals surface area contributed by atoms with E-state index >= 15 is 0 Å². The monoisotopic (exact) mass is 204 g/mol. The SMILES string of the molecule is Cc1ccccc1OCCP.Cl. The molecule has 1 aromatic carbocycles. The Labute approximate surface area is 82.1 Å². The highest BCUT2D eigenvalue weighted by molar-refractivity contribution is 7.16. The van der Waals surface area contributed by atoms with Crippen LogP contribution in [0.4, 0.5) is 0 Å². The van der Waals surface area contributed by atoms with E-state index in [0.717, 1.165) is 18.5 Å². The van der Waals surface area contributed by atoms with Crippen molar-refractivity contribution >= 4 is 21.6 Å². The lowest BCUT2D eigenvalue weighted by molar-refractivity contribution is 0.341. The maximum Gasteiger partial charge on any atom is 0.122 e. The van der Waals surface area contributed by atoms with Gasteiger partial charge in [0.05, 0.1) is 6.61 Å². The second kappa shape index (κ2) is 6.28. The summed E-state index contributed by atoms with van der Waals surface area (Å²) in [6.07, 6.45) is 0.980. The van der Waals surface area contributed by atoms with E-state index in [-0.39, 0.29) is 12.4 Å². The van der Waals surface area contributed by atoms with Crippen molar-refractivity contribution in [3.05, 3.63) is 29.8 Å². The third kappa shape index (κ3) is 3.42. The lowest BCUT2D eigenvalue weighted by Crippen LogP contribution is -1.98. The normalized spacial score (nSPS) is 8.83. The topological polar surface area (TPSA) is 9.23 Å². The number of para-hydroxylation sites is 1. The number of rotatable bonds is 3. The first-order valence-electron chi connectivity index (χ1n) is 3.73. The van der Waals surface area contributed by atoms with E-state index in [2.05, 4.69) is 22.2 Å². The van der Waals surface area contributed by atoms with Crippen molar-refractivity contribution in [1.29, 1.82) is 0 Å². The number of benzene rings is 1. The maximum absolute atomic E-state index is 5.47. The minimum atomic E-state index is 0. The first-order chi connectivity index (χ1) is 5.34. The molecule has 68 valence electrons. The third-order valence-corrected chi connectivity index (χ3v) is 1.70. The molecule has 3 heteroatoms. The molecule has 0 saturated heterocycles. The van der Waals surface area contributed by atoms with E-state index in [0.29, 0.717) is 0 Å². The van der Waals surface area contributed by atoms with Gasteiger partial charge in [0.25, 0.3) is 0 Å². The zero-order valence-electron chi connectivity index (χ0n) is 7.12. The Hall–Kier alpha value is -0.260. The van der Waals surface area contributed by atoms with Crippen LogP contribution in [0.15, 0.2) is 24.3 Å². The standard InChI is InChI=1S/C9H13OP.ClH/c1-8-4-2-3-5-9(8)10-6-7-11;/h2-5H,6-7,11H2,1H3;1H. The van der Waals surface area contributed by atoms with Crippen LogP contribution in [-0.2, 0) is 0 Å². The molecule has 0 aliphatic carbocycles. The van der Waals surface area contributed by atoms with Gasteiger partial charge in [-0.25, -0.2) is 0 Å². The quantitative estimate of drug-likeness (QED) is 0.688. The number of hydrogen-bond acceptors (Lipinski definition) is 1. The first-order valence-corrected chi connectivity index (χ1v) is 4.54. The molecule has 0 spiro atoms. The predicted molar refractivity (Wildman–Crippen MR) is 58.5 cm³/mol. The van der Waals surface area contributed by atoms with Gasteiger partial charge in [0.1, 0.15) is 5.75 Å². The summed E-state index contributed by atoms with van der Waals surface area (Å²) < 4.78 is 5.47. The Bertz CT molecular complexity index is 228. The average Bonchev–Trinajstić information content (AvgIpc) is 2.03. The lowest BCUT2D eigenvalue weighted by Gasteiger charge is -2.06. The zero-order valence-corrected chi connectivity index (χ0v) is 9.09. The van der Waals surface area contributed by atoms with E-state index < -0.39 is 0 Å². The van der Waals surface area contributed by atoms with E-state index in [1.54, 1.807) is 0 Å². The molecular weight excluding hydrogens is 191 g/mol. The van der Waals surface area contributed by atoms with E-state index in [1.165, 1.54) is 5.56 Å². The molecule has 0 aliphatic heterocycles. The van der Waals surface area contributed by atoms with Gasteiger partial charge in [-0.15, -0.1) is 21.6 Å². The van der Waals surface area contributed by atoms with Crippen molar-refractivity contribution in [3.63, 3.8) is 0 Å². The highest BCUT2D eigenvalue weighted by Crippen LogP contribution is 2.15. The summed E-state index contributed by atoms with van der Waals surface area (Å²) in [4.78, 5) is 0. The van der Waals surface area contributed by atoms with Crippen LogP contribution in [0.3, 0.4) is 0 Å². The number of aryl methyl sites for hydroxylation is 1. The van der Waals surface area contributed by atoms with Crippen LogP contribution >= 0.6 is 21.6 Å². The molecule has 0 N–H and O–H groups in total. The molecule has 0 heterocycles. The molecular formula is C9H14ClOP. The molecule has 0 aliphatic rings. The minimum absolute atomic E-state index is 0. The molecule has 0 aromatic heterocycles. The lowest BCUT2D eigenvalue weighted by atomic mass is 10.2. The van der Waals surface area contributed by atoms with Gasteiger partial charge in [-0.05, 0) is 24.7 Å². The number of hydrogen-bond donors (Lipinski definition) is 0. The van der Waals surface area contributed by atoms with E-state index in [9.17, 15) is 0 Å². The van der Waals surface area contributed by atoms with E-state index in [4.69, 9.17) is 4.74 Å². The van der Waals surface area contributed by atoms with Gasteiger partial charge in [0.15, 0.2) is 0 Å². The van der Waals surface area contributed by atoms with Crippen molar-refractivity contribution in [2.75, 3.05) is 12.8 Å². The van der Waals surface area contributed by atoms with Gasteiger partial charge in [-0.2, -0.15) is 0 Å². The largest absolute Gasteiger partial charge is 0.493 e. The Morgan fingerprint density at radius 3 is 2.58 bits per heavy atom. The summed E-state index contributed by atoms with van der Waals surface area (Å²) >= 11 is 0. The van der Waals surface area contributed by atoms with Gasteiger partial charge >= 0.3 is 0 Å². The zero-order chi connectivity index (χ0) is 8.10. The minimum Gasteiger partial charge on any atom is -0.493 e. The summed E-state index contributed by atoms with van der Waals surface area (Å²) in [5.41, 5.74) is 1.20. The molecule has 1 atom stereocenters. The highest BCUT2D eigenvalue weighted by atomic mass is 35.5. The Morgan fingerprint density at radius 1 is 1.33 bits per heavy atom. The van der Waals surface area contributed by atoms with Crippen LogP contribution in [0.1, 0.15) is 5.56 Å². The fourth-order valence-electron chi connectivity index (χ4n) is 0.887. The van der Waals surface area contributed by atoms with Crippen LogP contribution in [0, 0.1) is 6.92 Å². The molecule has 0 bridgehead atoms. The first kappa shape index (κ1) is 11.7. The summed E-state index contributed by atoms with van der Waals surface area (Å²) in [6, 6.07) is 8.06. The van der Waals surface area contributed by atoms with Crippen LogP contribution in [-0.4, -0.2) is 12.8 Å². The summed E-state index contributed by atoms with van der Waals surface area (Å²) in [5.74, 6) is 0.995. The number of ether oxygens (including phenoxy) is 1. The molecule has 1 unspecified atom stereocenters. The molecule has 1 rings (SSSR count). The Morgan fingerprint density at radius 2 is 2.00 bits per heavy atom. The molecule has 12 heavy (non-hydrogen) atoms. The van der Waals surface area contributed by atoms with Gasteiger partial charge in [-0.3, -0.25) is 0 Å². The predicted octanol–water partition coefficient (Wildman–Crippen LogP) is 2.67. The fraction of sp³-hybridized carbons (Fsp3) is 0.333. The van der Waals surface area contributed by atoms with Gasteiger partial charge < -0.3 is 4.74 Å². The van der Waals surface area contributed by atoms with Gasteiger partial charge in [0, 0.05) is 0 Å². The molecule has 0 saturated carbocycles. The highest BCUT2D eigenvalue weighted by Gasteiger charge is 1.94. The number of halogens is 1. The van der Waals surface area contributed by atoms with Gasteiger partial charge in [-0.1, -0.05) is 18.2 Å². The van der Waals surface area contributed by atoms with Crippen molar-refractivity contribution in [2.45, 2.75) is 6.92 Å². The molecule has 1 aromatic rings. The molecule has 0 fully saturated rings. The Kier molecular flexibility index (Phi) is 6.14. The van der Waals surface area contributed by atoms with Crippen molar-refractivity contribution in [1.82, 2.24) is 0 Å². The van der Waals surface area contributed by atoms with Crippen LogP contribution in [0.2, 0.25) is 0 Å². The summed E-state index contributed by atoms with van der Waals surface area (Å²) in [7, 11) is 2.64. The maximum atomic E-state index is 5.47. The van der Waals surface area contributed by atoms with Gasteiger partial charge in [0.2, 0.25) is 0 Å². The van der Waals surface area contributed by atoms with E-state index in [1.807, 2.05) is 18.2 Å². The molecule has 0 amide bonds. The van der Waals surface area contributed by atoms with Crippen molar-refractivity contribution in [3.8, 4) is 5.75 Å². The molecule has 0 radical (unpaired) electrons. The van der Waals surface area contributed by atoms with Crippen LogP contribution in [0.5, 0.6) is 5.75 Å². The van der Waals surface area contributed by atoms with Crippen molar-refractivity contribution < 1.29 is 4.74 Å². The average molecular weight is 205 g/mol. The van der Waals surface area contributed by atoms with Crippen LogP contribution < -0.4 is 4.74 Å². The third-order valence-electron chi connectivity index (χ3n) is 1.47. The molecule has 1 nitrogen and oxygen atoms in total. The smallest absolute Gasteiger partial charge is 0.122 e. The Balaban J connectivity index is 0.00000121. The second-order valence-electron chi connectivity index (χ2n) is 2.40. The summed E-state index contributed by atoms with van der Waals surface area (Å²) in [6.45, 7) is 2.83. The second-order valence-corrected chi connectivity index (χ2v) is 2.98. The fourth-order valence-corrected chi connectivity index (χ4v) is 1.01. The van der Waals surface area contributed by atoms with Crippen LogP contribution in [0.25, 0.3) is 0 Å². The summed E-state index contributed by atoms with van der Waals surface area (Å²) in [5, 5.41) is 0.